The van der Waals surface area contributed by atoms with Crippen molar-refractivity contribution in [3.8, 4) is 0 Å². The Morgan fingerprint density at radius 1 is 1.33 bits per heavy atom. The summed E-state index contributed by atoms with van der Waals surface area (Å²) in [6.07, 6.45) is 6.22. The first-order valence-electron chi connectivity index (χ1n) is 6.36. The number of aliphatic carboxylic acids is 1. The minimum Gasteiger partial charge on any atom is -0.481 e. The predicted octanol–water partition coefficient (Wildman–Crippen LogP) is 1.78. The van der Waals surface area contributed by atoms with Crippen molar-refractivity contribution in [2.24, 2.45) is 11.8 Å². The van der Waals surface area contributed by atoms with Crippen LogP contribution in [0.4, 0.5) is 0 Å². The zero-order valence-electron chi connectivity index (χ0n) is 10.3. The van der Waals surface area contributed by atoms with Crippen molar-refractivity contribution in [2.75, 3.05) is 6.61 Å². The summed E-state index contributed by atoms with van der Waals surface area (Å²) >= 11 is 6.15. The molecule has 1 saturated carbocycles. The predicted molar refractivity (Wildman–Crippen MR) is 69.6 cm³/mol. The van der Waals surface area contributed by atoms with Crippen LogP contribution in [0.25, 0.3) is 0 Å². The van der Waals surface area contributed by atoms with E-state index in [0.717, 1.165) is 12.8 Å². The third-order valence-corrected chi connectivity index (χ3v) is 4.02. The fourth-order valence-electron chi connectivity index (χ4n) is 2.46. The summed E-state index contributed by atoms with van der Waals surface area (Å²) in [6.45, 7) is -0.0398. The van der Waals surface area contributed by atoms with Gasteiger partial charge < -0.3 is 15.3 Å². The van der Waals surface area contributed by atoms with Crippen LogP contribution in [0.5, 0.6) is 0 Å². The van der Waals surface area contributed by atoms with Crippen LogP contribution in [0.15, 0.2) is 12.2 Å². The molecule has 4 nitrogen and oxygen atoms in total. The van der Waals surface area contributed by atoms with Crippen molar-refractivity contribution in [1.82, 2.24) is 0 Å². The number of hydrogen-bond acceptors (Lipinski definition) is 3. The van der Waals surface area contributed by atoms with Crippen molar-refractivity contribution in [3.63, 3.8) is 0 Å². The molecule has 1 rings (SSSR count). The summed E-state index contributed by atoms with van der Waals surface area (Å²) in [5.74, 6) is -0.818. The highest BCUT2D eigenvalue weighted by Crippen LogP contribution is 2.38. The lowest BCUT2D eigenvalue weighted by Crippen LogP contribution is -2.23. The Balaban J connectivity index is 2.29. The Hall–Kier alpha value is -0.580. The van der Waals surface area contributed by atoms with Crippen molar-refractivity contribution >= 4 is 17.6 Å². The highest BCUT2D eigenvalue weighted by molar-refractivity contribution is 6.21. The zero-order valence-corrected chi connectivity index (χ0v) is 11.1. The van der Waals surface area contributed by atoms with E-state index in [1.54, 1.807) is 0 Å². The Morgan fingerprint density at radius 3 is 2.67 bits per heavy atom. The van der Waals surface area contributed by atoms with Crippen LogP contribution in [0.2, 0.25) is 0 Å². The van der Waals surface area contributed by atoms with E-state index in [1.165, 1.54) is 0 Å². The van der Waals surface area contributed by atoms with Gasteiger partial charge in [0.1, 0.15) is 0 Å². The number of alkyl halides is 1. The molecule has 0 heterocycles. The standard InChI is InChI=1S/C13H21ClO4/c14-11-7-12(16)10(8-15)9(11)5-3-1-2-4-6-13(17)18/h1,3,9-12,15-16H,2,4-8H2,(H,17,18)/b3-1-/t9-,10-,11-,12-/m1/s1. The van der Waals surface area contributed by atoms with E-state index < -0.39 is 12.1 Å². The molecule has 0 amide bonds. The SMILES string of the molecule is O=C(O)CCC/C=C\C[C@@H]1[C@@H](CO)[C@H](O)C[C@H]1Cl. The molecule has 104 valence electrons. The molecule has 1 fully saturated rings. The first-order valence-corrected chi connectivity index (χ1v) is 6.79. The number of carboxylic acids is 1. The third-order valence-electron chi connectivity index (χ3n) is 3.52. The van der Waals surface area contributed by atoms with Gasteiger partial charge in [-0.2, -0.15) is 0 Å². The van der Waals surface area contributed by atoms with Gasteiger partial charge in [-0.1, -0.05) is 12.2 Å². The van der Waals surface area contributed by atoms with E-state index >= 15 is 0 Å². The number of carbonyl (C=O) groups is 1. The maximum atomic E-state index is 10.3. The van der Waals surface area contributed by atoms with Gasteiger partial charge in [-0.05, 0) is 31.6 Å². The van der Waals surface area contributed by atoms with Gasteiger partial charge in [-0.25, -0.2) is 0 Å². The van der Waals surface area contributed by atoms with Crippen LogP contribution in [0, 0.1) is 11.8 Å². The molecule has 0 unspecified atom stereocenters. The average molecular weight is 277 g/mol. The van der Waals surface area contributed by atoms with Crippen LogP contribution in [0.1, 0.15) is 32.1 Å². The molecule has 3 N–H and O–H groups in total. The molecular weight excluding hydrogens is 256 g/mol. The number of hydrogen-bond donors (Lipinski definition) is 3. The second-order valence-corrected chi connectivity index (χ2v) is 5.38. The number of allylic oxidation sites excluding steroid dienone is 2. The van der Waals surface area contributed by atoms with Gasteiger partial charge in [0.15, 0.2) is 0 Å². The van der Waals surface area contributed by atoms with Crippen LogP contribution >= 0.6 is 11.6 Å². The summed E-state index contributed by atoms with van der Waals surface area (Å²) in [4.78, 5) is 10.3. The molecule has 1 aliphatic carbocycles. The van der Waals surface area contributed by atoms with Gasteiger partial charge in [0.25, 0.3) is 0 Å². The minimum absolute atomic E-state index is 0.0398. The van der Waals surface area contributed by atoms with Crippen LogP contribution < -0.4 is 0 Å². The molecule has 0 spiro atoms. The maximum absolute atomic E-state index is 10.3. The highest BCUT2D eigenvalue weighted by atomic mass is 35.5. The lowest BCUT2D eigenvalue weighted by molar-refractivity contribution is -0.137. The van der Waals surface area contributed by atoms with E-state index in [-0.39, 0.29) is 30.2 Å². The number of aliphatic hydroxyl groups excluding tert-OH is 2. The summed E-state index contributed by atoms with van der Waals surface area (Å²) in [6, 6.07) is 0. The minimum atomic E-state index is -0.775. The molecule has 0 bridgehead atoms. The van der Waals surface area contributed by atoms with Crippen LogP contribution in [-0.4, -0.2) is 39.4 Å². The number of rotatable bonds is 7. The summed E-state index contributed by atoms with van der Waals surface area (Å²) in [7, 11) is 0. The summed E-state index contributed by atoms with van der Waals surface area (Å²) in [5.41, 5.74) is 0. The van der Waals surface area contributed by atoms with E-state index in [4.69, 9.17) is 16.7 Å². The lowest BCUT2D eigenvalue weighted by Gasteiger charge is -2.19. The molecule has 0 aromatic rings. The number of carboxylic acid groups (broad SMARTS) is 1. The molecule has 1 aliphatic rings. The van der Waals surface area contributed by atoms with Crippen molar-refractivity contribution in [2.45, 2.75) is 43.6 Å². The molecule has 4 atom stereocenters. The first-order chi connectivity index (χ1) is 8.56. The highest BCUT2D eigenvalue weighted by Gasteiger charge is 2.40. The quantitative estimate of drug-likeness (QED) is 0.376. The van der Waals surface area contributed by atoms with Gasteiger partial charge in [0, 0.05) is 24.3 Å². The number of unbranched alkanes of at least 4 members (excludes halogenated alkanes) is 1. The van der Waals surface area contributed by atoms with Crippen molar-refractivity contribution in [1.29, 1.82) is 0 Å². The molecule has 18 heavy (non-hydrogen) atoms. The van der Waals surface area contributed by atoms with Gasteiger partial charge in [-0.3, -0.25) is 4.79 Å². The average Bonchev–Trinajstić information content (AvgIpc) is 2.57. The monoisotopic (exact) mass is 276 g/mol. The van der Waals surface area contributed by atoms with Crippen molar-refractivity contribution in [3.05, 3.63) is 12.2 Å². The number of aliphatic hydroxyl groups is 2. The molecule has 5 heteroatoms. The fraction of sp³-hybridized carbons (Fsp3) is 0.769. The summed E-state index contributed by atoms with van der Waals surface area (Å²) < 4.78 is 0. The molecule has 0 aromatic heterocycles. The van der Waals surface area contributed by atoms with Crippen LogP contribution in [-0.2, 0) is 4.79 Å². The Labute approximate surface area is 112 Å². The molecule has 0 saturated heterocycles. The third kappa shape index (κ3) is 4.59. The van der Waals surface area contributed by atoms with E-state index in [0.29, 0.717) is 12.8 Å². The van der Waals surface area contributed by atoms with Gasteiger partial charge in [0.05, 0.1) is 6.10 Å². The van der Waals surface area contributed by atoms with E-state index in [9.17, 15) is 15.0 Å². The van der Waals surface area contributed by atoms with Crippen molar-refractivity contribution < 1.29 is 20.1 Å². The van der Waals surface area contributed by atoms with Crippen LogP contribution in [0.3, 0.4) is 0 Å². The molecule has 0 aliphatic heterocycles. The smallest absolute Gasteiger partial charge is 0.303 e. The van der Waals surface area contributed by atoms with Gasteiger partial charge in [0.2, 0.25) is 0 Å². The van der Waals surface area contributed by atoms with Gasteiger partial charge in [-0.15, -0.1) is 11.6 Å². The van der Waals surface area contributed by atoms with E-state index in [1.807, 2.05) is 12.2 Å². The number of halogens is 1. The lowest BCUT2D eigenvalue weighted by atomic mass is 9.92. The first kappa shape index (κ1) is 15.5. The molecule has 0 aromatic carbocycles. The molecule has 0 radical (unpaired) electrons. The zero-order chi connectivity index (χ0) is 13.5. The molecular formula is C13H21ClO4. The fourth-order valence-corrected chi connectivity index (χ4v) is 2.93. The summed E-state index contributed by atoms with van der Waals surface area (Å²) in [5, 5.41) is 27.3. The topological polar surface area (TPSA) is 77.8 Å². The largest absolute Gasteiger partial charge is 0.481 e. The Kier molecular flexibility index (Phi) is 6.68. The van der Waals surface area contributed by atoms with E-state index in [2.05, 4.69) is 0 Å². The maximum Gasteiger partial charge on any atom is 0.303 e. The second-order valence-electron chi connectivity index (χ2n) is 4.82. The second kappa shape index (κ2) is 7.77. The van der Waals surface area contributed by atoms with Gasteiger partial charge >= 0.3 is 5.97 Å². The Bertz CT molecular complexity index is 293. The normalized spacial score (nSPS) is 32.2. The Morgan fingerprint density at radius 2 is 2.06 bits per heavy atom.